The van der Waals surface area contributed by atoms with Gasteiger partial charge in [-0.25, -0.2) is 4.39 Å². The van der Waals surface area contributed by atoms with E-state index in [0.29, 0.717) is 10.9 Å². The molecule has 0 bridgehead atoms. The van der Waals surface area contributed by atoms with Crippen LogP contribution in [-0.4, -0.2) is 53.5 Å². The van der Waals surface area contributed by atoms with Crippen molar-refractivity contribution in [1.29, 1.82) is 0 Å². The number of carbonyl (C=O) groups is 1. The number of aromatic nitrogens is 1. The summed E-state index contributed by atoms with van der Waals surface area (Å²) in [5, 5.41) is 11.0. The molecule has 0 unspecified atom stereocenters. The molecule has 1 aliphatic rings. The lowest BCUT2D eigenvalue weighted by Crippen LogP contribution is -2.42. The molecule has 8 heteroatoms. The Balaban J connectivity index is 1.31. The van der Waals surface area contributed by atoms with Crippen molar-refractivity contribution in [2.75, 3.05) is 32.5 Å². The first kappa shape index (κ1) is 26.7. The second kappa shape index (κ2) is 12.7. The van der Waals surface area contributed by atoms with Crippen molar-refractivity contribution in [3.63, 3.8) is 0 Å². The first-order chi connectivity index (χ1) is 17.4. The smallest absolute Gasteiger partial charge is 0.303 e. The Morgan fingerprint density at radius 1 is 1.25 bits per heavy atom. The van der Waals surface area contributed by atoms with Crippen LogP contribution in [0, 0.1) is 17.7 Å². The van der Waals surface area contributed by atoms with E-state index in [4.69, 9.17) is 16.3 Å². The van der Waals surface area contributed by atoms with E-state index >= 15 is 0 Å². The van der Waals surface area contributed by atoms with E-state index in [9.17, 15) is 14.3 Å². The van der Waals surface area contributed by atoms with E-state index in [0.717, 1.165) is 72.6 Å². The number of methoxy groups -OCH3 is 1. The molecule has 192 valence electrons. The maximum Gasteiger partial charge on any atom is 0.303 e. The molecule has 0 radical (unpaired) electrons. The molecule has 1 aliphatic heterocycles. The van der Waals surface area contributed by atoms with Crippen LogP contribution in [0.15, 0.2) is 53.6 Å². The van der Waals surface area contributed by atoms with Gasteiger partial charge in [0.25, 0.3) is 0 Å². The highest BCUT2D eigenvalue weighted by molar-refractivity contribution is 7.99. The summed E-state index contributed by atoms with van der Waals surface area (Å²) in [7, 11) is 1.67. The highest BCUT2D eigenvalue weighted by Gasteiger charge is 2.30. The summed E-state index contributed by atoms with van der Waals surface area (Å²) in [5.74, 6) is 1.11. The van der Waals surface area contributed by atoms with Crippen molar-refractivity contribution in [3.8, 4) is 5.75 Å². The summed E-state index contributed by atoms with van der Waals surface area (Å²) in [6.45, 7) is 2.59. The standard InChI is InChI=1S/C28H32ClFN2O3S/c1-35-24-5-6-27-26(17-24)20(7-9-31-27)4-2-3-19-8-10-32(18-21(19)13-28(33)34)11-12-36-25-15-22(29)14-23(30)16-25/h5-7,9,14-17,19,21H,2-4,8,10-13,18H2,1H3,(H,33,34)/t19-,21+/m1/s1. The number of carboxylic acids is 1. The number of ether oxygens (including phenoxy) is 1. The largest absolute Gasteiger partial charge is 0.497 e. The molecule has 1 saturated heterocycles. The number of aryl methyl sites for hydroxylation is 1. The first-order valence-electron chi connectivity index (χ1n) is 12.4. The van der Waals surface area contributed by atoms with Gasteiger partial charge in [-0.15, -0.1) is 11.8 Å². The van der Waals surface area contributed by atoms with Crippen molar-refractivity contribution < 1.29 is 19.0 Å². The minimum absolute atomic E-state index is 0.138. The highest BCUT2D eigenvalue weighted by atomic mass is 35.5. The Labute approximate surface area is 221 Å². The number of likely N-dealkylation sites (tertiary alicyclic amines) is 1. The summed E-state index contributed by atoms with van der Waals surface area (Å²) in [5.41, 5.74) is 2.21. The van der Waals surface area contributed by atoms with Gasteiger partial charge in [0.2, 0.25) is 0 Å². The minimum Gasteiger partial charge on any atom is -0.497 e. The Morgan fingerprint density at radius 2 is 2.11 bits per heavy atom. The molecule has 0 amide bonds. The number of fused-ring (bicyclic) bond motifs is 1. The van der Waals surface area contributed by atoms with E-state index < -0.39 is 5.97 Å². The van der Waals surface area contributed by atoms with Gasteiger partial charge in [0, 0.05) is 46.8 Å². The summed E-state index contributed by atoms with van der Waals surface area (Å²) < 4.78 is 19.0. The highest BCUT2D eigenvalue weighted by Crippen LogP contribution is 2.32. The lowest BCUT2D eigenvalue weighted by atomic mass is 9.80. The van der Waals surface area contributed by atoms with Gasteiger partial charge in [-0.1, -0.05) is 11.6 Å². The molecule has 2 heterocycles. The van der Waals surface area contributed by atoms with Crippen LogP contribution in [0.1, 0.15) is 31.2 Å². The lowest BCUT2D eigenvalue weighted by molar-refractivity contribution is -0.139. The van der Waals surface area contributed by atoms with Crippen LogP contribution < -0.4 is 4.74 Å². The number of benzene rings is 2. The summed E-state index contributed by atoms with van der Waals surface area (Å²) in [6, 6.07) is 12.6. The van der Waals surface area contributed by atoms with Crippen molar-refractivity contribution in [1.82, 2.24) is 9.88 Å². The molecule has 1 fully saturated rings. The van der Waals surface area contributed by atoms with Crippen LogP contribution in [0.5, 0.6) is 5.75 Å². The molecular weight excluding hydrogens is 499 g/mol. The summed E-state index contributed by atoms with van der Waals surface area (Å²) in [4.78, 5) is 19.2. The average molecular weight is 531 g/mol. The maximum atomic E-state index is 13.6. The number of piperidine rings is 1. The third-order valence-corrected chi connectivity index (χ3v) is 8.16. The minimum atomic E-state index is -0.733. The van der Waals surface area contributed by atoms with E-state index in [2.05, 4.69) is 16.0 Å². The number of pyridine rings is 1. The van der Waals surface area contributed by atoms with Crippen LogP contribution in [0.3, 0.4) is 0 Å². The molecule has 36 heavy (non-hydrogen) atoms. The SMILES string of the molecule is COc1ccc2nccc(CCC[C@@H]3CCN(CCSc4cc(F)cc(Cl)c4)C[C@@H]3CC(=O)O)c2c1. The molecular formula is C28H32ClFN2O3S. The second-order valence-electron chi connectivity index (χ2n) is 9.41. The van der Waals surface area contributed by atoms with Crippen molar-refractivity contribution in [2.45, 2.75) is 37.0 Å². The van der Waals surface area contributed by atoms with Gasteiger partial charge in [-0.05, 0) is 92.1 Å². The summed E-state index contributed by atoms with van der Waals surface area (Å²) >= 11 is 7.53. The molecule has 3 aromatic rings. The number of hydrogen-bond donors (Lipinski definition) is 1. The van der Waals surface area contributed by atoms with Crippen LogP contribution in [-0.2, 0) is 11.2 Å². The number of hydrogen-bond acceptors (Lipinski definition) is 5. The van der Waals surface area contributed by atoms with Crippen molar-refractivity contribution in [2.24, 2.45) is 11.8 Å². The Bertz CT molecular complexity index is 1170. The van der Waals surface area contributed by atoms with E-state index in [1.165, 1.54) is 17.7 Å². The van der Waals surface area contributed by atoms with Gasteiger partial charge in [0.15, 0.2) is 0 Å². The van der Waals surface area contributed by atoms with Crippen molar-refractivity contribution in [3.05, 3.63) is 65.1 Å². The van der Waals surface area contributed by atoms with Gasteiger partial charge >= 0.3 is 5.97 Å². The zero-order valence-corrected chi connectivity index (χ0v) is 22.0. The molecule has 1 aromatic heterocycles. The molecule has 1 N–H and O–H groups in total. The molecule has 4 rings (SSSR count). The third-order valence-electron chi connectivity index (χ3n) is 6.98. The zero-order chi connectivity index (χ0) is 25.5. The quantitative estimate of drug-likeness (QED) is 0.283. The monoisotopic (exact) mass is 530 g/mol. The molecule has 0 saturated carbocycles. The van der Waals surface area contributed by atoms with Gasteiger partial charge in [0.1, 0.15) is 11.6 Å². The predicted octanol–water partition coefficient (Wildman–Crippen LogP) is 6.56. The second-order valence-corrected chi connectivity index (χ2v) is 11.0. The van der Waals surface area contributed by atoms with E-state index in [1.54, 1.807) is 24.9 Å². The van der Waals surface area contributed by atoms with E-state index in [1.807, 2.05) is 24.4 Å². The Hall–Kier alpha value is -2.35. The molecule has 0 aliphatic carbocycles. The van der Waals surface area contributed by atoms with Crippen LogP contribution in [0.25, 0.3) is 10.9 Å². The van der Waals surface area contributed by atoms with Gasteiger partial charge in [-0.3, -0.25) is 9.78 Å². The summed E-state index contributed by atoms with van der Waals surface area (Å²) in [6.07, 6.45) is 6.00. The van der Waals surface area contributed by atoms with Gasteiger partial charge < -0.3 is 14.7 Å². The molecule has 2 atom stereocenters. The van der Waals surface area contributed by atoms with Crippen molar-refractivity contribution >= 4 is 40.2 Å². The molecule has 0 spiro atoms. The van der Waals surface area contributed by atoms with Crippen LogP contribution >= 0.6 is 23.4 Å². The fraction of sp³-hybridized carbons (Fsp3) is 0.429. The number of thioether (sulfide) groups is 1. The third kappa shape index (κ3) is 7.34. The zero-order valence-electron chi connectivity index (χ0n) is 20.5. The van der Waals surface area contributed by atoms with E-state index in [-0.39, 0.29) is 18.2 Å². The maximum absolute atomic E-state index is 13.6. The Morgan fingerprint density at radius 3 is 2.89 bits per heavy atom. The van der Waals surface area contributed by atoms with Gasteiger partial charge in [0.05, 0.1) is 12.6 Å². The number of rotatable bonds is 11. The molecule has 2 aromatic carbocycles. The number of nitrogens with zero attached hydrogens (tertiary/aromatic N) is 2. The number of carboxylic acid groups (broad SMARTS) is 1. The van der Waals surface area contributed by atoms with Crippen LogP contribution in [0.4, 0.5) is 4.39 Å². The lowest BCUT2D eigenvalue weighted by Gasteiger charge is -2.38. The van der Waals surface area contributed by atoms with Crippen LogP contribution in [0.2, 0.25) is 5.02 Å². The van der Waals surface area contributed by atoms with Gasteiger partial charge in [-0.2, -0.15) is 0 Å². The normalized spacial score (nSPS) is 18.4. The number of halogens is 2. The number of aliphatic carboxylic acids is 1. The fourth-order valence-electron chi connectivity index (χ4n) is 5.18. The Kier molecular flexibility index (Phi) is 9.46. The predicted molar refractivity (Wildman–Crippen MR) is 144 cm³/mol. The topological polar surface area (TPSA) is 62.7 Å². The molecule has 5 nitrogen and oxygen atoms in total. The fourth-order valence-corrected chi connectivity index (χ4v) is 6.46. The average Bonchev–Trinajstić information content (AvgIpc) is 2.84. The first-order valence-corrected chi connectivity index (χ1v) is 13.7.